The van der Waals surface area contributed by atoms with Gasteiger partial charge in [0.05, 0.1) is 6.04 Å². The van der Waals surface area contributed by atoms with E-state index in [0.29, 0.717) is 0 Å². The molecule has 0 radical (unpaired) electrons. The number of nitrogens with one attached hydrogen (secondary N) is 2. The molecule has 1 aliphatic rings. The van der Waals surface area contributed by atoms with Crippen molar-refractivity contribution in [1.29, 1.82) is 0 Å². The number of benzene rings is 1. The molecule has 2 N–H and O–H groups in total. The van der Waals surface area contributed by atoms with Gasteiger partial charge in [-0.2, -0.15) is 0 Å². The summed E-state index contributed by atoms with van der Waals surface area (Å²) in [6, 6.07) is 7.22. The fraction of sp³-hybridized carbons (Fsp3) is 0.385. The van der Waals surface area contributed by atoms with Gasteiger partial charge in [0.1, 0.15) is 0 Å². The maximum Gasteiger partial charge on any atom is 0.244 e. The lowest BCUT2D eigenvalue weighted by atomic mass is 10.2. The normalized spacial score (nSPS) is 19.1. The first-order chi connectivity index (χ1) is 8.61. The molecule has 96 valence electrons. The summed E-state index contributed by atoms with van der Waals surface area (Å²) in [4.78, 5) is 24.7. The summed E-state index contributed by atoms with van der Waals surface area (Å²) in [7, 11) is 1.80. The van der Waals surface area contributed by atoms with Crippen molar-refractivity contribution in [1.82, 2.24) is 5.32 Å². The molecule has 0 aliphatic carbocycles. The molecular formula is C13H17N3O2. The average Bonchev–Trinajstić information content (AvgIpc) is 2.71. The Morgan fingerprint density at radius 2 is 2.00 bits per heavy atom. The lowest BCUT2D eigenvalue weighted by Gasteiger charge is -2.17. The van der Waals surface area contributed by atoms with Crippen LogP contribution in [0.4, 0.5) is 11.4 Å². The monoisotopic (exact) mass is 247 g/mol. The summed E-state index contributed by atoms with van der Waals surface area (Å²) in [6.07, 6.45) is 0.822. The number of rotatable bonds is 3. The van der Waals surface area contributed by atoms with Crippen LogP contribution in [0.15, 0.2) is 24.3 Å². The SMILES string of the molecule is CNC1CCN(c2ccc(NC(C)=O)cc2)C1=O. The standard InChI is InChI=1S/C13H17N3O2/c1-9(17)15-10-3-5-11(6-4-10)16-8-7-12(14-2)13(16)18/h3-6,12,14H,7-8H2,1-2H3,(H,15,17). The van der Waals surface area contributed by atoms with E-state index < -0.39 is 0 Å². The number of carbonyl (C=O) groups excluding carboxylic acids is 2. The number of nitrogens with zero attached hydrogens (tertiary/aromatic N) is 1. The van der Waals surface area contributed by atoms with Crippen molar-refractivity contribution in [3.63, 3.8) is 0 Å². The van der Waals surface area contributed by atoms with Crippen molar-refractivity contribution in [3.8, 4) is 0 Å². The number of hydrogen-bond donors (Lipinski definition) is 2. The van der Waals surface area contributed by atoms with Crippen LogP contribution in [0.1, 0.15) is 13.3 Å². The van der Waals surface area contributed by atoms with Gasteiger partial charge in [0, 0.05) is 24.8 Å². The number of hydrogen-bond acceptors (Lipinski definition) is 3. The highest BCUT2D eigenvalue weighted by Gasteiger charge is 2.30. The summed E-state index contributed by atoms with van der Waals surface area (Å²) >= 11 is 0. The molecule has 2 amide bonds. The molecule has 1 saturated heterocycles. The molecule has 1 fully saturated rings. The Morgan fingerprint density at radius 3 is 2.50 bits per heavy atom. The highest BCUT2D eigenvalue weighted by Crippen LogP contribution is 2.23. The number of likely N-dealkylation sites (N-methyl/N-ethyl adjacent to an activating group) is 1. The Balaban J connectivity index is 2.11. The smallest absolute Gasteiger partial charge is 0.244 e. The van der Waals surface area contributed by atoms with Crippen molar-refractivity contribution in [3.05, 3.63) is 24.3 Å². The molecule has 1 atom stereocenters. The molecule has 0 aromatic heterocycles. The first kappa shape index (κ1) is 12.6. The molecule has 1 aromatic carbocycles. The highest BCUT2D eigenvalue weighted by molar-refractivity contribution is 5.99. The second-order valence-corrected chi connectivity index (χ2v) is 4.35. The van der Waals surface area contributed by atoms with Crippen LogP contribution in [0.3, 0.4) is 0 Å². The molecule has 0 spiro atoms. The van der Waals surface area contributed by atoms with Crippen molar-refractivity contribution in [2.45, 2.75) is 19.4 Å². The molecule has 2 rings (SSSR count). The van der Waals surface area contributed by atoms with Gasteiger partial charge in [-0.1, -0.05) is 0 Å². The maximum absolute atomic E-state index is 12.0. The highest BCUT2D eigenvalue weighted by atomic mass is 16.2. The van der Waals surface area contributed by atoms with E-state index in [-0.39, 0.29) is 17.9 Å². The summed E-state index contributed by atoms with van der Waals surface area (Å²) in [6.45, 7) is 2.19. The summed E-state index contributed by atoms with van der Waals surface area (Å²) < 4.78 is 0. The minimum absolute atomic E-state index is 0.0833. The Hall–Kier alpha value is -1.88. The topological polar surface area (TPSA) is 61.4 Å². The first-order valence-corrected chi connectivity index (χ1v) is 5.98. The Bertz CT molecular complexity index is 456. The molecule has 1 aliphatic heterocycles. The summed E-state index contributed by atoms with van der Waals surface area (Å²) in [5.41, 5.74) is 1.61. The third-order valence-electron chi connectivity index (χ3n) is 3.05. The second-order valence-electron chi connectivity index (χ2n) is 4.35. The van der Waals surface area contributed by atoms with Gasteiger partial charge in [-0.25, -0.2) is 0 Å². The summed E-state index contributed by atoms with van der Waals surface area (Å²) in [5, 5.41) is 5.70. The number of anilines is 2. The van der Waals surface area contributed by atoms with E-state index in [0.717, 1.165) is 24.3 Å². The zero-order valence-corrected chi connectivity index (χ0v) is 10.6. The van der Waals surface area contributed by atoms with E-state index in [1.54, 1.807) is 24.1 Å². The third kappa shape index (κ3) is 2.51. The Labute approximate surface area is 106 Å². The maximum atomic E-state index is 12.0. The molecule has 0 bridgehead atoms. The van der Waals surface area contributed by atoms with Gasteiger partial charge in [0.25, 0.3) is 0 Å². The van der Waals surface area contributed by atoms with E-state index in [2.05, 4.69) is 10.6 Å². The number of amides is 2. The fourth-order valence-corrected chi connectivity index (χ4v) is 2.13. The Kier molecular flexibility index (Phi) is 3.62. The van der Waals surface area contributed by atoms with Crippen molar-refractivity contribution in [2.75, 3.05) is 23.8 Å². The number of carbonyl (C=O) groups is 2. The van der Waals surface area contributed by atoms with E-state index in [9.17, 15) is 9.59 Å². The average molecular weight is 247 g/mol. The second kappa shape index (κ2) is 5.18. The molecule has 1 heterocycles. The zero-order valence-electron chi connectivity index (χ0n) is 10.6. The molecular weight excluding hydrogens is 230 g/mol. The molecule has 5 nitrogen and oxygen atoms in total. The Morgan fingerprint density at radius 1 is 1.33 bits per heavy atom. The molecule has 18 heavy (non-hydrogen) atoms. The van der Waals surface area contributed by atoms with Crippen molar-refractivity contribution in [2.24, 2.45) is 0 Å². The van der Waals surface area contributed by atoms with Crippen LogP contribution in [-0.4, -0.2) is 31.4 Å². The van der Waals surface area contributed by atoms with Crippen molar-refractivity contribution < 1.29 is 9.59 Å². The molecule has 1 aromatic rings. The van der Waals surface area contributed by atoms with Gasteiger partial charge in [-0.3, -0.25) is 9.59 Å². The minimum atomic E-state index is -0.102. The molecule has 1 unspecified atom stereocenters. The van der Waals surface area contributed by atoms with Crippen LogP contribution >= 0.6 is 0 Å². The minimum Gasteiger partial charge on any atom is -0.326 e. The lowest BCUT2D eigenvalue weighted by Crippen LogP contribution is -2.36. The van der Waals surface area contributed by atoms with Gasteiger partial charge >= 0.3 is 0 Å². The predicted molar refractivity (Wildman–Crippen MR) is 70.6 cm³/mol. The summed E-state index contributed by atoms with van der Waals surface area (Å²) in [5.74, 6) is 0.0000213. The van der Waals surface area contributed by atoms with Gasteiger partial charge in [0.2, 0.25) is 11.8 Å². The van der Waals surface area contributed by atoms with Crippen LogP contribution in [0.25, 0.3) is 0 Å². The fourth-order valence-electron chi connectivity index (χ4n) is 2.13. The van der Waals surface area contributed by atoms with Crippen LogP contribution in [0, 0.1) is 0 Å². The van der Waals surface area contributed by atoms with E-state index in [1.807, 2.05) is 12.1 Å². The van der Waals surface area contributed by atoms with Crippen LogP contribution in [-0.2, 0) is 9.59 Å². The van der Waals surface area contributed by atoms with Gasteiger partial charge in [-0.15, -0.1) is 0 Å². The van der Waals surface area contributed by atoms with Gasteiger partial charge in [-0.05, 0) is 37.7 Å². The van der Waals surface area contributed by atoms with Gasteiger partial charge in [0.15, 0.2) is 0 Å². The molecule has 5 heteroatoms. The van der Waals surface area contributed by atoms with Crippen LogP contribution < -0.4 is 15.5 Å². The zero-order chi connectivity index (χ0) is 13.1. The van der Waals surface area contributed by atoms with Crippen LogP contribution in [0.5, 0.6) is 0 Å². The van der Waals surface area contributed by atoms with Crippen LogP contribution in [0.2, 0.25) is 0 Å². The predicted octanol–water partition coefficient (Wildman–Crippen LogP) is 0.970. The van der Waals surface area contributed by atoms with Crippen molar-refractivity contribution >= 4 is 23.2 Å². The molecule has 0 saturated carbocycles. The first-order valence-electron chi connectivity index (χ1n) is 5.98. The lowest BCUT2D eigenvalue weighted by molar-refractivity contribution is -0.118. The quantitative estimate of drug-likeness (QED) is 0.836. The van der Waals surface area contributed by atoms with E-state index in [4.69, 9.17) is 0 Å². The van der Waals surface area contributed by atoms with E-state index >= 15 is 0 Å². The third-order valence-corrected chi connectivity index (χ3v) is 3.05. The largest absolute Gasteiger partial charge is 0.326 e. The van der Waals surface area contributed by atoms with E-state index in [1.165, 1.54) is 6.92 Å². The van der Waals surface area contributed by atoms with Gasteiger partial charge < -0.3 is 15.5 Å².